The summed E-state index contributed by atoms with van der Waals surface area (Å²) in [6.45, 7) is 3.97. The summed E-state index contributed by atoms with van der Waals surface area (Å²) in [5.74, 6) is -1.92. The SMILES string of the molecule is Cc1ccc(CNC(=O)c2nc3n(c(=O)c2O)CC(=O)N3)cc1C. The molecule has 3 N–H and O–H groups in total. The van der Waals surface area contributed by atoms with Crippen molar-refractivity contribution in [3.63, 3.8) is 0 Å². The molecule has 124 valence electrons. The average Bonchev–Trinajstić information content (AvgIpc) is 2.92. The molecule has 0 saturated heterocycles. The van der Waals surface area contributed by atoms with E-state index in [-0.39, 0.29) is 19.0 Å². The van der Waals surface area contributed by atoms with E-state index in [4.69, 9.17) is 0 Å². The number of aryl methyl sites for hydroxylation is 2. The number of nitrogens with one attached hydrogen (secondary N) is 2. The molecule has 1 aromatic carbocycles. The van der Waals surface area contributed by atoms with Crippen molar-refractivity contribution in [3.05, 3.63) is 50.9 Å². The van der Waals surface area contributed by atoms with Gasteiger partial charge in [0.15, 0.2) is 5.69 Å². The van der Waals surface area contributed by atoms with Gasteiger partial charge in [-0.05, 0) is 30.5 Å². The van der Waals surface area contributed by atoms with E-state index in [0.717, 1.165) is 21.3 Å². The highest BCUT2D eigenvalue weighted by molar-refractivity contribution is 5.97. The molecule has 2 heterocycles. The zero-order valence-electron chi connectivity index (χ0n) is 13.2. The minimum absolute atomic E-state index is 0.0425. The molecule has 8 heteroatoms. The minimum atomic E-state index is -0.824. The first-order valence-corrected chi connectivity index (χ1v) is 7.35. The zero-order chi connectivity index (χ0) is 17.4. The molecular weight excluding hydrogens is 312 g/mol. The number of nitrogens with zero attached hydrogens (tertiary/aromatic N) is 2. The van der Waals surface area contributed by atoms with Gasteiger partial charge in [0.1, 0.15) is 6.54 Å². The number of rotatable bonds is 3. The largest absolute Gasteiger partial charge is 0.501 e. The molecule has 0 atom stereocenters. The fraction of sp³-hybridized carbons (Fsp3) is 0.250. The van der Waals surface area contributed by atoms with Crippen molar-refractivity contribution in [2.24, 2.45) is 0 Å². The molecule has 0 spiro atoms. The van der Waals surface area contributed by atoms with E-state index < -0.39 is 28.8 Å². The third-order valence-corrected chi connectivity index (χ3v) is 3.94. The number of aromatic nitrogens is 2. The van der Waals surface area contributed by atoms with Crippen LogP contribution in [-0.4, -0.2) is 26.5 Å². The summed E-state index contributed by atoms with van der Waals surface area (Å²) in [4.78, 5) is 39.4. The van der Waals surface area contributed by atoms with Crippen molar-refractivity contribution in [3.8, 4) is 5.75 Å². The van der Waals surface area contributed by atoms with Gasteiger partial charge in [-0.3, -0.25) is 24.3 Å². The van der Waals surface area contributed by atoms with Crippen LogP contribution in [0.5, 0.6) is 5.75 Å². The summed E-state index contributed by atoms with van der Waals surface area (Å²) in [6, 6.07) is 5.78. The number of carbonyl (C=O) groups excluding carboxylic acids is 2. The molecule has 2 aromatic rings. The smallest absolute Gasteiger partial charge is 0.298 e. The van der Waals surface area contributed by atoms with Gasteiger partial charge in [0.25, 0.3) is 11.5 Å². The van der Waals surface area contributed by atoms with Crippen molar-refractivity contribution in [1.82, 2.24) is 14.9 Å². The maximum absolute atomic E-state index is 12.2. The van der Waals surface area contributed by atoms with Crippen LogP contribution in [0.3, 0.4) is 0 Å². The van der Waals surface area contributed by atoms with Crippen molar-refractivity contribution in [2.75, 3.05) is 5.32 Å². The lowest BCUT2D eigenvalue weighted by Gasteiger charge is -2.09. The Balaban J connectivity index is 1.82. The van der Waals surface area contributed by atoms with Gasteiger partial charge in [-0.2, -0.15) is 0 Å². The fourth-order valence-electron chi connectivity index (χ4n) is 2.43. The lowest BCUT2D eigenvalue weighted by Crippen LogP contribution is -2.28. The summed E-state index contributed by atoms with van der Waals surface area (Å²) >= 11 is 0. The van der Waals surface area contributed by atoms with Gasteiger partial charge in [-0.1, -0.05) is 18.2 Å². The van der Waals surface area contributed by atoms with Crippen molar-refractivity contribution < 1.29 is 14.7 Å². The second kappa shape index (κ2) is 5.80. The molecule has 3 rings (SSSR count). The van der Waals surface area contributed by atoms with E-state index in [1.807, 2.05) is 32.0 Å². The topological polar surface area (TPSA) is 113 Å². The Hall–Kier alpha value is -3.16. The quantitative estimate of drug-likeness (QED) is 0.757. The van der Waals surface area contributed by atoms with Crippen LogP contribution >= 0.6 is 0 Å². The first kappa shape index (κ1) is 15.7. The van der Waals surface area contributed by atoms with E-state index >= 15 is 0 Å². The van der Waals surface area contributed by atoms with Crippen molar-refractivity contribution in [1.29, 1.82) is 0 Å². The minimum Gasteiger partial charge on any atom is -0.501 e. The van der Waals surface area contributed by atoms with Gasteiger partial charge in [0.05, 0.1) is 0 Å². The summed E-state index contributed by atoms with van der Waals surface area (Å²) in [7, 11) is 0. The summed E-state index contributed by atoms with van der Waals surface area (Å²) < 4.78 is 0.984. The number of fused-ring (bicyclic) bond motifs is 1. The Morgan fingerprint density at radius 3 is 2.79 bits per heavy atom. The van der Waals surface area contributed by atoms with E-state index in [0.29, 0.717) is 0 Å². The standard InChI is InChI=1S/C16H16N4O4/c1-8-3-4-10(5-9(8)2)6-17-14(23)12-13(22)15(24)20-7-11(21)18-16(20)19-12/h3-5,22H,6-7H2,1-2H3,(H,17,23)(H,18,19,21). The Labute approximate surface area is 137 Å². The number of hydrogen-bond acceptors (Lipinski definition) is 5. The maximum Gasteiger partial charge on any atom is 0.298 e. The summed E-state index contributed by atoms with van der Waals surface area (Å²) in [6.07, 6.45) is 0. The van der Waals surface area contributed by atoms with E-state index in [9.17, 15) is 19.5 Å². The van der Waals surface area contributed by atoms with Gasteiger partial charge in [-0.25, -0.2) is 4.98 Å². The molecular formula is C16H16N4O4. The highest BCUT2D eigenvalue weighted by Gasteiger charge is 2.26. The van der Waals surface area contributed by atoms with Crippen LogP contribution in [0.25, 0.3) is 0 Å². The third kappa shape index (κ3) is 2.73. The zero-order valence-corrected chi connectivity index (χ0v) is 13.2. The molecule has 0 aliphatic carbocycles. The summed E-state index contributed by atoms with van der Waals surface area (Å²) in [5.41, 5.74) is 1.90. The molecule has 8 nitrogen and oxygen atoms in total. The molecule has 1 aliphatic rings. The third-order valence-electron chi connectivity index (χ3n) is 3.94. The predicted octanol–water partition coefficient (Wildman–Crippen LogP) is 0.448. The number of anilines is 1. The molecule has 2 amide bonds. The average molecular weight is 328 g/mol. The molecule has 0 unspecified atom stereocenters. The first-order valence-electron chi connectivity index (χ1n) is 7.35. The van der Waals surface area contributed by atoms with Crippen LogP contribution in [0, 0.1) is 13.8 Å². The van der Waals surface area contributed by atoms with E-state index in [1.54, 1.807) is 0 Å². The van der Waals surface area contributed by atoms with Crippen LogP contribution in [0.15, 0.2) is 23.0 Å². The predicted molar refractivity (Wildman–Crippen MR) is 85.9 cm³/mol. The Morgan fingerprint density at radius 2 is 2.08 bits per heavy atom. The van der Waals surface area contributed by atoms with Crippen LogP contribution < -0.4 is 16.2 Å². The van der Waals surface area contributed by atoms with E-state index in [2.05, 4.69) is 15.6 Å². The second-order valence-corrected chi connectivity index (χ2v) is 5.67. The monoisotopic (exact) mass is 328 g/mol. The van der Waals surface area contributed by atoms with Crippen LogP contribution in [-0.2, 0) is 17.9 Å². The van der Waals surface area contributed by atoms with E-state index in [1.165, 1.54) is 0 Å². The van der Waals surface area contributed by atoms with Crippen molar-refractivity contribution >= 4 is 17.8 Å². The molecule has 24 heavy (non-hydrogen) atoms. The maximum atomic E-state index is 12.2. The van der Waals surface area contributed by atoms with Crippen molar-refractivity contribution in [2.45, 2.75) is 26.9 Å². The normalized spacial score (nSPS) is 12.7. The molecule has 1 aliphatic heterocycles. The lowest BCUT2D eigenvalue weighted by molar-refractivity contribution is -0.115. The highest BCUT2D eigenvalue weighted by Crippen LogP contribution is 2.16. The van der Waals surface area contributed by atoms with Gasteiger partial charge >= 0.3 is 0 Å². The number of hydrogen-bond donors (Lipinski definition) is 3. The first-order chi connectivity index (χ1) is 11.4. The highest BCUT2D eigenvalue weighted by atomic mass is 16.3. The number of carbonyl (C=O) groups is 2. The Kier molecular flexibility index (Phi) is 3.80. The van der Waals surface area contributed by atoms with Gasteiger partial charge in [-0.15, -0.1) is 0 Å². The van der Waals surface area contributed by atoms with Crippen LogP contribution in [0.1, 0.15) is 27.2 Å². The van der Waals surface area contributed by atoms with Gasteiger partial charge in [0, 0.05) is 6.54 Å². The van der Waals surface area contributed by atoms with Gasteiger partial charge < -0.3 is 10.4 Å². The van der Waals surface area contributed by atoms with Gasteiger partial charge in [0.2, 0.25) is 17.6 Å². The molecule has 0 saturated carbocycles. The number of aromatic hydroxyl groups is 1. The Bertz CT molecular complexity index is 917. The fourth-order valence-corrected chi connectivity index (χ4v) is 2.43. The Morgan fingerprint density at radius 1 is 1.33 bits per heavy atom. The number of benzene rings is 1. The second-order valence-electron chi connectivity index (χ2n) is 5.67. The van der Waals surface area contributed by atoms with Crippen LogP contribution in [0.4, 0.5) is 5.95 Å². The molecule has 0 fully saturated rings. The number of amides is 2. The lowest BCUT2D eigenvalue weighted by atomic mass is 10.1. The summed E-state index contributed by atoms with van der Waals surface area (Å²) in [5, 5.41) is 14.9. The molecule has 1 aromatic heterocycles. The molecule has 0 bridgehead atoms. The molecule has 0 radical (unpaired) electrons. The van der Waals surface area contributed by atoms with Crippen LogP contribution in [0.2, 0.25) is 0 Å².